The van der Waals surface area contributed by atoms with Crippen LogP contribution in [0.25, 0.3) is 10.9 Å². The van der Waals surface area contributed by atoms with Gasteiger partial charge in [-0.3, -0.25) is 9.78 Å². The molecule has 0 aliphatic rings. The molecule has 5 heteroatoms. The van der Waals surface area contributed by atoms with Crippen LogP contribution in [0.4, 0.5) is 5.69 Å². The van der Waals surface area contributed by atoms with Crippen molar-refractivity contribution in [2.45, 2.75) is 26.3 Å². The lowest BCUT2D eigenvalue weighted by atomic mass is 10.2. The maximum atomic E-state index is 12.6. The molecule has 2 heterocycles. The molecule has 124 valence electrons. The normalized spacial score (nSPS) is 10.9. The quantitative estimate of drug-likeness (QED) is 0.685. The summed E-state index contributed by atoms with van der Waals surface area (Å²) < 4.78 is 2.06. The first-order valence-electron chi connectivity index (χ1n) is 8.26. The first kappa shape index (κ1) is 16.1. The maximum absolute atomic E-state index is 12.6. The second-order valence-corrected chi connectivity index (χ2v) is 5.83. The molecule has 2 aromatic heterocycles. The fraction of sp³-hybridized carbons (Fsp3) is 0.263. The molecule has 3 rings (SSSR count). The van der Waals surface area contributed by atoms with Gasteiger partial charge in [0, 0.05) is 48.0 Å². The summed E-state index contributed by atoms with van der Waals surface area (Å²) in [6, 6.07) is 13.5. The highest BCUT2D eigenvalue weighted by Gasteiger charge is 2.15. The van der Waals surface area contributed by atoms with Crippen LogP contribution in [-0.4, -0.2) is 22.0 Å². The Morgan fingerprint density at radius 1 is 1.25 bits per heavy atom. The fourth-order valence-electron chi connectivity index (χ4n) is 2.88. The van der Waals surface area contributed by atoms with Crippen LogP contribution in [0.1, 0.15) is 29.5 Å². The van der Waals surface area contributed by atoms with Gasteiger partial charge in [0.15, 0.2) is 0 Å². The Labute approximate surface area is 141 Å². The van der Waals surface area contributed by atoms with Crippen LogP contribution < -0.4 is 11.1 Å². The minimum atomic E-state index is -0.0610. The highest BCUT2D eigenvalue weighted by atomic mass is 16.1. The molecule has 0 bridgehead atoms. The van der Waals surface area contributed by atoms with Gasteiger partial charge in [0.05, 0.1) is 0 Å². The zero-order chi connectivity index (χ0) is 16.9. The summed E-state index contributed by atoms with van der Waals surface area (Å²) >= 11 is 0. The van der Waals surface area contributed by atoms with Crippen molar-refractivity contribution in [2.24, 2.45) is 0 Å². The van der Waals surface area contributed by atoms with Gasteiger partial charge >= 0.3 is 0 Å². The number of fused-ring (bicyclic) bond motifs is 1. The molecule has 24 heavy (non-hydrogen) atoms. The standard InChI is InChI=1S/C19H22N4O/c1-2-11-23-17-7-6-15(20)12-14(17)13-18(23)19(24)22-10-8-16-5-3-4-9-21-16/h3-7,9,12-13H,2,8,10-11,20H2,1H3,(H,22,24). The summed E-state index contributed by atoms with van der Waals surface area (Å²) in [7, 11) is 0. The minimum absolute atomic E-state index is 0.0610. The second-order valence-electron chi connectivity index (χ2n) is 5.83. The summed E-state index contributed by atoms with van der Waals surface area (Å²) in [5, 5.41) is 3.99. The molecule has 3 N–H and O–H groups in total. The fourth-order valence-corrected chi connectivity index (χ4v) is 2.88. The van der Waals surface area contributed by atoms with Crippen molar-refractivity contribution >= 4 is 22.5 Å². The van der Waals surface area contributed by atoms with E-state index in [4.69, 9.17) is 5.73 Å². The Balaban J connectivity index is 1.77. The van der Waals surface area contributed by atoms with Crippen molar-refractivity contribution in [1.82, 2.24) is 14.9 Å². The van der Waals surface area contributed by atoms with E-state index in [0.29, 0.717) is 24.3 Å². The van der Waals surface area contributed by atoms with Gasteiger partial charge in [0.25, 0.3) is 5.91 Å². The molecule has 5 nitrogen and oxygen atoms in total. The van der Waals surface area contributed by atoms with Crippen molar-refractivity contribution in [2.75, 3.05) is 12.3 Å². The average molecular weight is 322 g/mol. The van der Waals surface area contributed by atoms with Gasteiger partial charge in [0.2, 0.25) is 0 Å². The number of nitrogens with one attached hydrogen (secondary N) is 1. The van der Waals surface area contributed by atoms with Crippen molar-refractivity contribution in [3.63, 3.8) is 0 Å². The van der Waals surface area contributed by atoms with Crippen LogP contribution >= 0.6 is 0 Å². The van der Waals surface area contributed by atoms with E-state index in [0.717, 1.165) is 29.6 Å². The molecule has 0 fully saturated rings. The van der Waals surface area contributed by atoms with Crippen LogP contribution in [-0.2, 0) is 13.0 Å². The van der Waals surface area contributed by atoms with E-state index in [-0.39, 0.29) is 5.91 Å². The van der Waals surface area contributed by atoms with Crippen LogP contribution in [0.2, 0.25) is 0 Å². The zero-order valence-electron chi connectivity index (χ0n) is 13.8. The molecule has 0 saturated heterocycles. The predicted octanol–water partition coefficient (Wildman–Crippen LogP) is 3.00. The lowest BCUT2D eigenvalue weighted by Gasteiger charge is -2.10. The average Bonchev–Trinajstić information content (AvgIpc) is 2.94. The van der Waals surface area contributed by atoms with Crippen LogP contribution in [0, 0.1) is 0 Å². The molecular weight excluding hydrogens is 300 g/mol. The number of hydrogen-bond acceptors (Lipinski definition) is 3. The van der Waals surface area contributed by atoms with E-state index in [1.807, 2.05) is 42.5 Å². The molecule has 0 radical (unpaired) electrons. The summed E-state index contributed by atoms with van der Waals surface area (Å²) in [5.41, 5.74) is 9.26. The molecule has 0 unspecified atom stereocenters. The van der Waals surface area contributed by atoms with E-state index in [2.05, 4.69) is 21.8 Å². The van der Waals surface area contributed by atoms with Gasteiger partial charge in [-0.1, -0.05) is 13.0 Å². The van der Waals surface area contributed by atoms with Crippen molar-refractivity contribution in [3.05, 3.63) is 60.0 Å². The summed E-state index contributed by atoms with van der Waals surface area (Å²) in [6.07, 6.45) is 3.44. The topological polar surface area (TPSA) is 72.9 Å². The van der Waals surface area contributed by atoms with Gasteiger partial charge in [-0.2, -0.15) is 0 Å². The third-order valence-corrected chi connectivity index (χ3v) is 4.00. The molecule has 3 aromatic rings. The van der Waals surface area contributed by atoms with Gasteiger partial charge < -0.3 is 15.6 Å². The number of aryl methyl sites for hydroxylation is 1. The number of nitrogen functional groups attached to an aromatic ring is 1. The first-order valence-corrected chi connectivity index (χ1v) is 8.26. The lowest BCUT2D eigenvalue weighted by molar-refractivity contribution is 0.0945. The first-order chi connectivity index (χ1) is 11.7. The monoisotopic (exact) mass is 322 g/mol. The van der Waals surface area contributed by atoms with Crippen molar-refractivity contribution in [3.8, 4) is 0 Å². The van der Waals surface area contributed by atoms with E-state index >= 15 is 0 Å². The van der Waals surface area contributed by atoms with E-state index in [1.165, 1.54) is 0 Å². The number of rotatable bonds is 6. The number of nitrogens with zero attached hydrogens (tertiary/aromatic N) is 2. The largest absolute Gasteiger partial charge is 0.399 e. The predicted molar refractivity (Wildman–Crippen MR) is 96.9 cm³/mol. The Morgan fingerprint density at radius 2 is 2.12 bits per heavy atom. The Bertz CT molecular complexity index is 839. The third-order valence-electron chi connectivity index (χ3n) is 4.00. The number of anilines is 1. The number of hydrogen-bond donors (Lipinski definition) is 2. The molecule has 0 aliphatic heterocycles. The van der Waals surface area contributed by atoms with Gasteiger partial charge in [-0.25, -0.2) is 0 Å². The Kier molecular flexibility index (Phi) is 4.79. The van der Waals surface area contributed by atoms with Crippen molar-refractivity contribution in [1.29, 1.82) is 0 Å². The molecule has 1 aromatic carbocycles. The number of aromatic nitrogens is 2. The molecule has 0 spiro atoms. The molecular formula is C19H22N4O. The highest BCUT2D eigenvalue weighted by Crippen LogP contribution is 2.23. The van der Waals surface area contributed by atoms with E-state index < -0.39 is 0 Å². The number of benzene rings is 1. The van der Waals surface area contributed by atoms with Crippen LogP contribution in [0.5, 0.6) is 0 Å². The SMILES string of the molecule is CCCn1c(C(=O)NCCc2ccccn2)cc2cc(N)ccc21. The van der Waals surface area contributed by atoms with Crippen LogP contribution in [0.15, 0.2) is 48.7 Å². The number of carbonyl (C=O) groups excluding carboxylic acids is 1. The number of carbonyl (C=O) groups is 1. The summed E-state index contributed by atoms with van der Waals surface area (Å²) in [5.74, 6) is -0.0610. The molecule has 0 saturated carbocycles. The van der Waals surface area contributed by atoms with Gasteiger partial charge in [0.1, 0.15) is 5.69 Å². The van der Waals surface area contributed by atoms with Crippen molar-refractivity contribution < 1.29 is 4.79 Å². The zero-order valence-corrected chi connectivity index (χ0v) is 13.8. The van der Waals surface area contributed by atoms with E-state index in [9.17, 15) is 4.79 Å². The third kappa shape index (κ3) is 3.40. The minimum Gasteiger partial charge on any atom is -0.399 e. The summed E-state index contributed by atoms with van der Waals surface area (Å²) in [4.78, 5) is 16.9. The maximum Gasteiger partial charge on any atom is 0.267 e. The Morgan fingerprint density at radius 3 is 2.88 bits per heavy atom. The molecule has 1 amide bonds. The summed E-state index contributed by atoms with van der Waals surface area (Å²) in [6.45, 7) is 3.47. The van der Waals surface area contributed by atoms with E-state index in [1.54, 1.807) is 6.20 Å². The smallest absolute Gasteiger partial charge is 0.267 e. The number of pyridine rings is 1. The lowest BCUT2D eigenvalue weighted by Crippen LogP contribution is -2.28. The molecule has 0 aliphatic carbocycles. The van der Waals surface area contributed by atoms with Crippen LogP contribution in [0.3, 0.4) is 0 Å². The van der Waals surface area contributed by atoms with Gasteiger partial charge in [-0.15, -0.1) is 0 Å². The molecule has 0 atom stereocenters. The highest BCUT2D eigenvalue weighted by molar-refractivity contribution is 5.99. The Hall–Kier alpha value is -2.82. The van der Waals surface area contributed by atoms with Gasteiger partial charge in [-0.05, 0) is 42.8 Å². The number of nitrogens with two attached hydrogens (primary N) is 1. The second kappa shape index (κ2) is 7.17. The number of amides is 1.